The molecule has 0 radical (unpaired) electrons. The Morgan fingerprint density at radius 2 is 2.40 bits per heavy atom. The number of hydrogen-bond acceptors (Lipinski definition) is 6. The van der Waals surface area contributed by atoms with Gasteiger partial charge in [0.2, 0.25) is 10.0 Å². The van der Waals surface area contributed by atoms with Crippen LogP contribution in [-0.2, 0) is 14.8 Å². The molecule has 0 bridgehead atoms. The van der Waals surface area contributed by atoms with E-state index in [1.165, 1.54) is 23.6 Å². The Balaban J connectivity index is 2.26. The summed E-state index contributed by atoms with van der Waals surface area (Å²) in [7, 11) is -2.15. The minimum atomic E-state index is -3.67. The smallest absolute Gasteiger partial charge is 0.246 e. The third kappa shape index (κ3) is 3.29. The van der Waals surface area contributed by atoms with Crippen molar-refractivity contribution in [1.29, 1.82) is 0 Å². The zero-order valence-corrected chi connectivity index (χ0v) is 13.4. The third-order valence-electron chi connectivity index (χ3n) is 3.13. The van der Waals surface area contributed by atoms with Crippen LogP contribution in [0.3, 0.4) is 0 Å². The number of nitrogens with one attached hydrogen (secondary N) is 1. The lowest BCUT2D eigenvalue weighted by molar-refractivity contribution is 0.0979. The van der Waals surface area contributed by atoms with Crippen molar-refractivity contribution in [1.82, 2.24) is 9.29 Å². The molecule has 0 aliphatic carbocycles. The Kier molecular flexibility index (Phi) is 4.97. The van der Waals surface area contributed by atoms with Crippen molar-refractivity contribution in [3.8, 4) is 0 Å². The maximum atomic E-state index is 12.6. The molecule has 9 heteroatoms. The first-order valence-corrected chi connectivity index (χ1v) is 8.38. The molecule has 0 amide bonds. The van der Waals surface area contributed by atoms with E-state index < -0.39 is 10.0 Å². The number of sulfonamides is 1. The predicted molar refractivity (Wildman–Crippen MR) is 78.5 cm³/mol. The van der Waals surface area contributed by atoms with E-state index in [2.05, 4.69) is 26.3 Å². The number of hydrazine groups is 1. The summed E-state index contributed by atoms with van der Waals surface area (Å²) in [5.41, 5.74) is 2.31. The highest BCUT2D eigenvalue weighted by atomic mass is 79.9. The van der Waals surface area contributed by atoms with Crippen LogP contribution in [0.4, 0.5) is 5.82 Å². The largest absolute Gasteiger partial charge is 0.377 e. The first-order chi connectivity index (χ1) is 9.45. The molecule has 1 aromatic rings. The summed E-state index contributed by atoms with van der Waals surface area (Å²) in [5, 5.41) is 0. The van der Waals surface area contributed by atoms with Gasteiger partial charge in [0.15, 0.2) is 5.82 Å². The van der Waals surface area contributed by atoms with Crippen molar-refractivity contribution in [2.45, 2.75) is 23.8 Å². The molecular weight excluding hydrogens is 348 g/mol. The van der Waals surface area contributed by atoms with Gasteiger partial charge in [-0.15, -0.1) is 0 Å². The molecule has 1 aromatic heterocycles. The van der Waals surface area contributed by atoms with E-state index in [0.29, 0.717) is 17.6 Å². The molecule has 1 aliphatic heterocycles. The van der Waals surface area contributed by atoms with Gasteiger partial charge in [0, 0.05) is 30.9 Å². The molecule has 1 saturated heterocycles. The third-order valence-corrected chi connectivity index (χ3v) is 5.40. The van der Waals surface area contributed by atoms with Gasteiger partial charge >= 0.3 is 0 Å². The van der Waals surface area contributed by atoms with E-state index in [-0.39, 0.29) is 16.8 Å². The molecule has 0 saturated carbocycles. The van der Waals surface area contributed by atoms with Crippen molar-refractivity contribution in [2.24, 2.45) is 5.84 Å². The fourth-order valence-corrected chi connectivity index (χ4v) is 3.88. The lowest BCUT2D eigenvalue weighted by Gasteiger charge is -2.21. The molecular formula is C11H17BrN4O3S. The molecule has 2 heterocycles. The molecule has 2 rings (SSSR count). The molecule has 20 heavy (non-hydrogen) atoms. The molecule has 7 nitrogen and oxygen atoms in total. The highest BCUT2D eigenvalue weighted by Gasteiger charge is 2.28. The average molecular weight is 365 g/mol. The van der Waals surface area contributed by atoms with Gasteiger partial charge in [0.1, 0.15) is 4.90 Å². The Morgan fingerprint density at radius 3 is 3.00 bits per heavy atom. The summed E-state index contributed by atoms with van der Waals surface area (Å²) in [5.74, 6) is 5.44. The summed E-state index contributed by atoms with van der Waals surface area (Å²) in [6.45, 7) is 1.01. The van der Waals surface area contributed by atoms with Gasteiger partial charge in [-0.05, 0) is 34.8 Å². The number of nitrogens with two attached hydrogens (primary N) is 1. The van der Waals surface area contributed by atoms with E-state index in [9.17, 15) is 8.42 Å². The zero-order chi connectivity index (χ0) is 14.8. The van der Waals surface area contributed by atoms with E-state index in [4.69, 9.17) is 10.6 Å². The molecule has 0 spiro atoms. The van der Waals surface area contributed by atoms with Crippen molar-refractivity contribution in [2.75, 3.05) is 25.6 Å². The minimum Gasteiger partial charge on any atom is -0.377 e. The maximum Gasteiger partial charge on any atom is 0.246 e. The van der Waals surface area contributed by atoms with Crippen LogP contribution in [0.2, 0.25) is 0 Å². The number of hydrogen-bond donors (Lipinski definition) is 2. The Morgan fingerprint density at radius 1 is 1.65 bits per heavy atom. The summed E-state index contributed by atoms with van der Waals surface area (Å²) < 4.78 is 32.4. The van der Waals surface area contributed by atoms with Crippen molar-refractivity contribution in [3.05, 3.63) is 16.7 Å². The van der Waals surface area contributed by atoms with Crippen LogP contribution >= 0.6 is 15.9 Å². The number of likely N-dealkylation sites (N-methyl/N-ethyl adjacent to an activating group) is 1. The summed E-state index contributed by atoms with van der Waals surface area (Å²) in [6.07, 6.45) is 3.27. The monoisotopic (exact) mass is 364 g/mol. The quantitative estimate of drug-likeness (QED) is 0.595. The highest BCUT2D eigenvalue weighted by molar-refractivity contribution is 9.10. The number of ether oxygens (including phenoxy) is 1. The van der Waals surface area contributed by atoms with Crippen LogP contribution in [0.5, 0.6) is 0 Å². The first kappa shape index (κ1) is 15.6. The number of halogens is 1. The van der Waals surface area contributed by atoms with Crippen LogP contribution in [0.1, 0.15) is 12.8 Å². The van der Waals surface area contributed by atoms with Crippen molar-refractivity contribution in [3.63, 3.8) is 0 Å². The lowest BCUT2D eigenvalue weighted by atomic mass is 10.2. The number of rotatable bonds is 5. The first-order valence-electron chi connectivity index (χ1n) is 6.15. The molecule has 1 unspecified atom stereocenters. The molecule has 1 fully saturated rings. The van der Waals surface area contributed by atoms with Gasteiger partial charge in [0.05, 0.1) is 6.10 Å². The SMILES string of the molecule is CN(CC1CCCO1)S(=O)(=O)c1cc(Br)cnc1NN. The van der Waals surface area contributed by atoms with Crippen LogP contribution in [-0.4, -0.2) is 44.0 Å². The number of aromatic nitrogens is 1. The van der Waals surface area contributed by atoms with Crippen molar-refractivity contribution < 1.29 is 13.2 Å². The molecule has 112 valence electrons. The Hall–Kier alpha value is -0.740. The van der Waals surface area contributed by atoms with Crippen LogP contribution in [0.25, 0.3) is 0 Å². The number of nitrogens with zero attached hydrogens (tertiary/aromatic N) is 2. The van der Waals surface area contributed by atoms with Crippen LogP contribution < -0.4 is 11.3 Å². The molecule has 0 aromatic carbocycles. The second-order valence-electron chi connectivity index (χ2n) is 4.57. The Labute approximate surface area is 126 Å². The standard InChI is InChI=1S/C11H17BrN4O3S/c1-16(7-9-3-2-4-19-9)20(17,18)10-5-8(12)6-14-11(10)15-13/h5-6,9H,2-4,7,13H2,1H3,(H,14,15). The summed E-state index contributed by atoms with van der Waals surface area (Å²) >= 11 is 3.22. The molecule has 3 N–H and O–H groups in total. The van der Waals surface area contributed by atoms with Gasteiger partial charge in [-0.3, -0.25) is 0 Å². The van der Waals surface area contributed by atoms with Gasteiger partial charge in [-0.1, -0.05) is 0 Å². The fourth-order valence-electron chi connectivity index (χ4n) is 2.07. The fraction of sp³-hybridized carbons (Fsp3) is 0.545. The number of anilines is 1. The normalized spacial score (nSPS) is 19.5. The van der Waals surface area contributed by atoms with Gasteiger partial charge < -0.3 is 10.2 Å². The van der Waals surface area contributed by atoms with E-state index >= 15 is 0 Å². The Bertz CT molecular complexity index is 575. The lowest BCUT2D eigenvalue weighted by Crippen LogP contribution is -2.34. The summed E-state index contributed by atoms with van der Waals surface area (Å²) in [4.78, 5) is 3.99. The zero-order valence-electron chi connectivity index (χ0n) is 11.0. The van der Waals surface area contributed by atoms with Gasteiger partial charge in [-0.25, -0.2) is 19.2 Å². The highest BCUT2D eigenvalue weighted by Crippen LogP contribution is 2.25. The number of pyridine rings is 1. The van der Waals surface area contributed by atoms with E-state index in [1.807, 2.05) is 0 Å². The van der Waals surface area contributed by atoms with Gasteiger partial charge in [-0.2, -0.15) is 4.31 Å². The minimum absolute atomic E-state index is 0.0369. The second-order valence-corrected chi connectivity index (χ2v) is 7.49. The van der Waals surface area contributed by atoms with Crippen LogP contribution in [0, 0.1) is 0 Å². The molecule has 1 atom stereocenters. The topological polar surface area (TPSA) is 97.5 Å². The van der Waals surface area contributed by atoms with E-state index in [0.717, 1.165) is 12.8 Å². The maximum absolute atomic E-state index is 12.6. The van der Waals surface area contributed by atoms with E-state index in [1.54, 1.807) is 0 Å². The summed E-state index contributed by atoms with van der Waals surface area (Å²) in [6, 6.07) is 1.48. The second kappa shape index (κ2) is 6.35. The molecule has 1 aliphatic rings. The van der Waals surface area contributed by atoms with Crippen LogP contribution in [0.15, 0.2) is 21.6 Å². The number of nitrogen functional groups attached to an aromatic ring is 1. The van der Waals surface area contributed by atoms with Gasteiger partial charge in [0.25, 0.3) is 0 Å². The average Bonchev–Trinajstić information content (AvgIpc) is 2.91. The predicted octanol–water partition coefficient (Wildman–Crippen LogP) is 0.929. The van der Waals surface area contributed by atoms with Crippen molar-refractivity contribution >= 4 is 31.8 Å².